The van der Waals surface area contributed by atoms with Gasteiger partial charge in [0.15, 0.2) is 5.69 Å². The molecule has 0 aliphatic heterocycles. The fourth-order valence-electron chi connectivity index (χ4n) is 1.68. The molecule has 0 spiro atoms. The molecule has 7 heteroatoms. The van der Waals surface area contributed by atoms with Crippen LogP contribution in [0.5, 0.6) is 0 Å². The first-order valence-corrected chi connectivity index (χ1v) is 5.95. The summed E-state index contributed by atoms with van der Waals surface area (Å²) in [4.78, 5) is 11.9. The van der Waals surface area contributed by atoms with Gasteiger partial charge in [-0.3, -0.25) is 9.48 Å². The van der Waals surface area contributed by atoms with Gasteiger partial charge in [-0.1, -0.05) is 17.3 Å². The first-order chi connectivity index (χ1) is 9.58. The van der Waals surface area contributed by atoms with Crippen molar-refractivity contribution in [2.24, 2.45) is 17.9 Å². The van der Waals surface area contributed by atoms with Crippen molar-refractivity contribution in [1.29, 1.82) is 0 Å². The van der Waals surface area contributed by atoms with E-state index in [2.05, 4.69) is 15.6 Å². The summed E-state index contributed by atoms with van der Waals surface area (Å²) in [6.07, 6.45) is 2.06. The number of carbonyl (C=O) groups excluding carboxylic acids is 1. The predicted octanol–water partition coefficient (Wildman–Crippen LogP) is 0.961. The van der Waals surface area contributed by atoms with Crippen LogP contribution in [0.25, 0.3) is 0 Å². The second-order valence-electron chi connectivity index (χ2n) is 4.29. The maximum absolute atomic E-state index is 11.9. The number of nitrogens with zero attached hydrogens (tertiary/aromatic N) is 3. The Balaban J connectivity index is 2.02. The van der Waals surface area contributed by atoms with Crippen LogP contribution < -0.4 is 11.1 Å². The van der Waals surface area contributed by atoms with E-state index in [9.17, 15) is 4.79 Å². The van der Waals surface area contributed by atoms with Crippen molar-refractivity contribution in [2.45, 2.75) is 6.42 Å². The van der Waals surface area contributed by atoms with E-state index in [0.717, 1.165) is 5.56 Å². The zero-order chi connectivity index (χ0) is 14.5. The number of nitrogens with two attached hydrogens (primary N) is 1. The molecule has 0 atom stereocenters. The number of carbonyl (C=O) groups is 1. The lowest BCUT2D eigenvalue weighted by Gasteiger charge is -2.05. The third-order valence-corrected chi connectivity index (χ3v) is 2.67. The van der Waals surface area contributed by atoms with E-state index in [-0.39, 0.29) is 11.7 Å². The molecule has 0 aliphatic carbocycles. The van der Waals surface area contributed by atoms with Gasteiger partial charge >= 0.3 is 0 Å². The van der Waals surface area contributed by atoms with Gasteiger partial charge in [-0.15, -0.1) is 0 Å². The number of aromatic nitrogens is 2. The standard InChI is InChI=1S/C13H15N5O2/c1-18-7-6-11(16-18)13(19)15-10-4-2-9(3-5-10)8-12(14)17-20/h2-7,20H,8H2,1H3,(H2,14,17)(H,15,19). The number of anilines is 1. The van der Waals surface area contributed by atoms with Gasteiger partial charge < -0.3 is 16.3 Å². The average molecular weight is 273 g/mol. The molecule has 1 aromatic carbocycles. The van der Waals surface area contributed by atoms with Crippen molar-refractivity contribution in [2.75, 3.05) is 5.32 Å². The molecule has 0 fully saturated rings. The summed E-state index contributed by atoms with van der Waals surface area (Å²) < 4.78 is 1.56. The highest BCUT2D eigenvalue weighted by atomic mass is 16.4. The van der Waals surface area contributed by atoms with Crippen molar-refractivity contribution in [1.82, 2.24) is 9.78 Å². The number of amidine groups is 1. The van der Waals surface area contributed by atoms with Crippen LogP contribution >= 0.6 is 0 Å². The van der Waals surface area contributed by atoms with E-state index in [1.165, 1.54) is 0 Å². The smallest absolute Gasteiger partial charge is 0.276 e. The van der Waals surface area contributed by atoms with Crippen LogP contribution in [0.1, 0.15) is 16.1 Å². The Hall–Kier alpha value is -2.83. The highest BCUT2D eigenvalue weighted by Gasteiger charge is 2.08. The lowest BCUT2D eigenvalue weighted by molar-refractivity contribution is 0.102. The van der Waals surface area contributed by atoms with Gasteiger partial charge in [-0.2, -0.15) is 5.10 Å². The highest BCUT2D eigenvalue weighted by Crippen LogP contribution is 2.11. The lowest BCUT2D eigenvalue weighted by atomic mass is 10.1. The highest BCUT2D eigenvalue weighted by molar-refractivity contribution is 6.02. The molecule has 1 heterocycles. The first kappa shape index (κ1) is 13.6. The van der Waals surface area contributed by atoms with Crippen LogP contribution in [-0.2, 0) is 13.5 Å². The zero-order valence-electron chi connectivity index (χ0n) is 10.9. The van der Waals surface area contributed by atoms with E-state index < -0.39 is 0 Å². The van der Waals surface area contributed by atoms with Crippen molar-refractivity contribution in [3.8, 4) is 0 Å². The van der Waals surface area contributed by atoms with Gasteiger partial charge in [0.1, 0.15) is 5.84 Å². The molecule has 0 unspecified atom stereocenters. The fraction of sp³-hybridized carbons (Fsp3) is 0.154. The van der Waals surface area contributed by atoms with Crippen molar-refractivity contribution < 1.29 is 10.0 Å². The summed E-state index contributed by atoms with van der Waals surface area (Å²) in [5.41, 5.74) is 7.32. The van der Waals surface area contributed by atoms with Crippen LogP contribution in [0, 0.1) is 0 Å². The molecule has 0 radical (unpaired) electrons. The number of nitrogens with one attached hydrogen (secondary N) is 1. The summed E-state index contributed by atoms with van der Waals surface area (Å²) in [5.74, 6) is -0.134. The van der Waals surface area contributed by atoms with Crippen LogP contribution in [0.2, 0.25) is 0 Å². The number of hydrogen-bond acceptors (Lipinski definition) is 4. The molecule has 104 valence electrons. The molecular formula is C13H15N5O2. The Morgan fingerprint density at radius 2 is 2.10 bits per heavy atom. The maximum Gasteiger partial charge on any atom is 0.276 e. The van der Waals surface area contributed by atoms with Crippen molar-refractivity contribution >= 4 is 17.4 Å². The van der Waals surface area contributed by atoms with Gasteiger partial charge in [-0.05, 0) is 23.8 Å². The largest absolute Gasteiger partial charge is 0.409 e. The Morgan fingerprint density at radius 1 is 1.40 bits per heavy atom. The quantitative estimate of drug-likeness (QED) is 0.334. The predicted molar refractivity (Wildman–Crippen MR) is 74.7 cm³/mol. The van der Waals surface area contributed by atoms with Gasteiger partial charge in [0.2, 0.25) is 0 Å². The molecule has 20 heavy (non-hydrogen) atoms. The first-order valence-electron chi connectivity index (χ1n) is 5.95. The minimum absolute atomic E-state index is 0.135. The van der Waals surface area contributed by atoms with Crippen LogP contribution in [0.4, 0.5) is 5.69 Å². The molecule has 1 amide bonds. The van der Waals surface area contributed by atoms with E-state index >= 15 is 0 Å². The van der Waals surface area contributed by atoms with E-state index in [1.54, 1.807) is 48.3 Å². The van der Waals surface area contributed by atoms with Crippen LogP contribution in [0.3, 0.4) is 0 Å². The molecule has 0 saturated carbocycles. The second kappa shape index (κ2) is 5.87. The summed E-state index contributed by atoms with van der Waals surface area (Å²) in [6.45, 7) is 0. The number of benzene rings is 1. The van der Waals surface area contributed by atoms with Gasteiger partial charge in [0, 0.05) is 25.4 Å². The molecule has 0 bridgehead atoms. The summed E-state index contributed by atoms with van der Waals surface area (Å²) in [7, 11) is 1.75. The van der Waals surface area contributed by atoms with E-state index in [4.69, 9.17) is 10.9 Å². The number of aryl methyl sites for hydroxylation is 1. The Bertz CT molecular complexity index is 630. The third kappa shape index (κ3) is 3.35. The van der Waals surface area contributed by atoms with E-state index in [0.29, 0.717) is 17.8 Å². The second-order valence-corrected chi connectivity index (χ2v) is 4.29. The molecule has 0 aliphatic rings. The molecular weight excluding hydrogens is 258 g/mol. The molecule has 7 nitrogen and oxygen atoms in total. The normalized spacial score (nSPS) is 11.3. The SMILES string of the molecule is Cn1ccc(C(=O)Nc2ccc(C/C(N)=N/O)cc2)n1. The molecule has 2 aromatic rings. The van der Waals surface area contributed by atoms with Gasteiger partial charge in [0.05, 0.1) is 0 Å². The Morgan fingerprint density at radius 3 is 2.65 bits per heavy atom. The third-order valence-electron chi connectivity index (χ3n) is 2.67. The maximum atomic E-state index is 11.9. The van der Waals surface area contributed by atoms with Gasteiger partial charge in [-0.25, -0.2) is 0 Å². The number of amides is 1. The van der Waals surface area contributed by atoms with Gasteiger partial charge in [0.25, 0.3) is 5.91 Å². The summed E-state index contributed by atoms with van der Waals surface area (Å²) >= 11 is 0. The van der Waals surface area contributed by atoms with Crippen LogP contribution in [0.15, 0.2) is 41.7 Å². The monoisotopic (exact) mass is 273 g/mol. The zero-order valence-corrected chi connectivity index (χ0v) is 10.9. The minimum atomic E-state index is -0.269. The number of oxime groups is 1. The lowest BCUT2D eigenvalue weighted by Crippen LogP contribution is -2.15. The van der Waals surface area contributed by atoms with E-state index in [1.807, 2.05) is 0 Å². The summed E-state index contributed by atoms with van der Waals surface area (Å²) in [5, 5.41) is 18.2. The van der Waals surface area contributed by atoms with Crippen molar-refractivity contribution in [3.05, 3.63) is 47.8 Å². The molecule has 4 N–H and O–H groups in total. The summed E-state index contributed by atoms with van der Waals surface area (Å²) in [6, 6.07) is 8.74. The Labute approximate surface area is 115 Å². The number of hydrogen-bond donors (Lipinski definition) is 3. The molecule has 1 aromatic heterocycles. The Kier molecular flexibility index (Phi) is 3.99. The average Bonchev–Trinajstić information content (AvgIpc) is 2.87. The van der Waals surface area contributed by atoms with Crippen LogP contribution in [-0.4, -0.2) is 26.7 Å². The van der Waals surface area contributed by atoms with Crippen molar-refractivity contribution in [3.63, 3.8) is 0 Å². The fourth-order valence-corrected chi connectivity index (χ4v) is 1.68. The minimum Gasteiger partial charge on any atom is -0.409 e. The molecule has 2 rings (SSSR count). The number of rotatable bonds is 4. The molecule has 0 saturated heterocycles. The topological polar surface area (TPSA) is 106 Å².